The van der Waals surface area contributed by atoms with E-state index in [1.165, 1.54) is 19.1 Å². The van der Waals surface area contributed by atoms with Crippen molar-refractivity contribution in [2.75, 3.05) is 6.26 Å². The number of allylic oxidation sites excluding steroid dienone is 3. The minimum atomic E-state index is -1.38. The average Bonchev–Trinajstić information content (AvgIpc) is 2.44. The van der Waals surface area contributed by atoms with Crippen LogP contribution in [0.4, 0.5) is 0 Å². The van der Waals surface area contributed by atoms with Crippen molar-refractivity contribution in [3.8, 4) is 0 Å². The van der Waals surface area contributed by atoms with Gasteiger partial charge in [0.2, 0.25) is 0 Å². The van der Waals surface area contributed by atoms with E-state index in [1.807, 2.05) is 30.5 Å². The van der Waals surface area contributed by atoms with Gasteiger partial charge in [-0.05, 0) is 37.0 Å². The lowest BCUT2D eigenvalue weighted by atomic mass is 9.96. The maximum absolute atomic E-state index is 12.0. The molecule has 108 valence electrons. The summed E-state index contributed by atoms with van der Waals surface area (Å²) >= 11 is 1.62. The van der Waals surface area contributed by atoms with Crippen LogP contribution >= 0.6 is 11.8 Å². The Kier molecular flexibility index (Phi) is 4.75. The first-order valence-electron chi connectivity index (χ1n) is 6.31. The summed E-state index contributed by atoms with van der Waals surface area (Å²) < 4.78 is 4.82. The number of hydrogen-bond donors (Lipinski definition) is 0. The van der Waals surface area contributed by atoms with E-state index in [-0.39, 0.29) is 5.76 Å². The van der Waals surface area contributed by atoms with Crippen LogP contribution < -0.4 is 0 Å². The molecule has 1 atom stereocenters. The third-order valence-corrected chi connectivity index (χ3v) is 3.71. The van der Waals surface area contributed by atoms with E-state index in [9.17, 15) is 14.4 Å². The first-order valence-corrected chi connectivity index (χ1v) is 7.53. The van der Waals surface area contributed by atoms with E-state index in [0.29, 0.717) is 0 Å². The number of benzene rings is 1. The summed E-state index contributed by atoms with van der Waals surface area (Å²) in [7, 11) is 0. The van der Waals surface area contributed by atoms with Gasteiger partial charge in [0.1, 0.15) is 5.76 Å². The Hall–Kier alpha value is -2.14. The molecule has 21 heavy (non-hydrogen) atoms. The molecular formula is C16H14O4S. The molecule has 0 unspecified atom stereocenters. The second kappa shape index (κ2) is 6.54. The van der Waals surface area contributed by atoms with Crippen LogP contribution in [0.25, 0.3) is 6.08 Å². The lowest BCUT2D eigenvalue weighted by molar-refractivity contribution is -0.151. The number of ketones is 2. The van der Waals surface area contributed by atoms with Crippen molar-refractivity contribution in [1.29, 1.82) is 0 Å². The fourth-order valence-corrected chi connectivity index (χ4v) is 2.30. The summed E-state index contributed by atoms with van der Waals surface area (Å²) in [6.45, 7) is 1.50. The van der Waals surface area contributed by atoms with Gasteiger partial charge in [-0.2, -0.15) is 0 Å². The number of ether oxygens (including phenoxy) is 1. The second-order valence-electron chi connectivity index (χ2n) is 4.52. The van der Waals surface area contributed by atoms with Crippen LogP contribution in [0.1, 0.15) is 12.5 Å². The van der Waals surface area contributed by atoms with Gasteiger partial charge in [-0.15, -0.1) is 11.8 Å². The van der Waals surface area contributed by atoms with Crippen LogP contribution in [0.2, 0.25) is 0 Å². The van der Waals surface area contributed by atoms with E-state index in [1.54, 1.807) is 17.8 Å². The van der Waals surface area contributed by atoms with E-state index in [4.69, 9.17) is 4.74 Å². The minimum Gasteiger partial charge on any atom is -0.430 e. The Morgan fingerprint density at radius 3 is 2.48 bits per heavy atom. The lowest BCUT2D eigenvalue weighted by Crippen LogP contribution is -2.34. The predicted molar refractivity (Wildman–Crippen MR) is 80.6 cm³/mol. The lowest BCUT2D eigenvalue weighted by Gasteiger charge is -2.15. The van der Waals surface area contributed by atoms with E-state index in [2.05, 4.69) is 0 Å². The largest absolute Gasteiger partial charge is 0.430 e. The van der Waals surface area contributed by atoms with Crippen molar-refractivity contribution >= 4 is 35.4 Å². The molecule has 1 aromatic rings. The molecule has 0 aromatic heterocycles. The molecule has 0 saturated carbocycles. The molecule has 0 saturated heterocycles. The number of thioether (sulfide) groups is 1. The highest BCUT2D eigenvalue weighted by molar-refractivity contribution is 7.98. The molecular weight excluding hydrogens is 288 g/mol. The molecule has 0 radical (unpaired) electrons. The molecule has 1 aliphatic heterocycles. The summed E-state index contributed by atoms with van der Waals surface area (Å²) in [5.41, 5.74) is 0.824. The van der Waals surface area contributed by atoms with Crippen molar-refractivity contribution in [2.24, 2.45) is 5.92 Å². The maximum atomic E-state index is 12.0. The van der Waals surface area contributed by atoms with Crippen molar-refractivity contribution in [3.63, 3.8) is 0 Å². The quantitative estimate of drug-likeness (QED) is 0.370. The molecule has 1 aliphatic rings. The Morgan fingerprint density at radius 2 is 1.90 bits per heavy atom. The molecule has 4 nitrogen and oxygen atoms in total. The highest BCUT2D eigenvalue weighted by Gasteiger charge is 2.36. The average molecular weight is 302 g/mol. The third kappa shape index (κ3) is 3.70. The number of carbonyl (C=O) groups excluding carboxylic acids is 3. The molecule has 5 heteroatoms. The van der Waals surface area contributed by atoms with Crippen LogP contribution in [0, 0.1) is 5.92 Å². The predicted octanol–water partition coefficient (Wildman–Crippen LogP) is 2.64. The van der Waals surface area contributed by atoms with Gasteiger partial charge in [0.05, 0.1) is 0 Å². The summed E-state index contributed by atoms with van der Waals surface area (Å²) in [6, 6.07) is 7.59. The van der Waals surface area contributed by atoms with Gasteiger partial charge in [-0.25, -0.2) is 0 Å². The summed E-state index contributed by atoms with van der Waals surface area (Å²) in [5.74, 6) is -3.08. The summed E-state index contributed by atoms with van der Waals surface area (Å²) in [4.78, 5) is 36.4. The number of esters is 1. The SMILES string of the molecule is CSc1ccc(/C=C/C(=O)[C@H]2C(=O)C=C(C)OC2=O)cc1. The Balaban J connectivity index is 2.11. The summed E-state index contributed by atoms with van der Waals surface area (Å²) in [6.07, 6.45) is 5.97. The molecule has 0 spiro atoms. The monoisotopic (exact) mass is 302 g/mol. The van der Waals surface area contributed by atoms with E-state index in [0.717, 1.165) is 10.5 Å². The molecule has 0 aliphatic carbocycles. The molecule has 1 heterocycles. The van der Waals surface area contributed by atoms with Crippen LogP contribution in [0.15, 0.2) is 47.1 Å². The highest BCUT2D eigenvalue weighted by Crippen LogP contribution is 2.18. The van der Waals surface area contributed by atoms with Crippen LogP contribution in [0.3, 0.4) is 0 Å². The van der Waals surface area contributed by atoms with Gasteiger partial charge >= 0.3 is 5.97 Å². The normalized spacial score (nSPS) is 18.6. The molecule has 0 N–H and O–H groups in total. The van der Waals surface area contributed by atoms with Crippen LogP contribution in [0.5, 0.6) is 0 Å². The fourth-order valence-electron chi connectivity index (χ4n) is 1.89. The molecule has 0 fully saturated rings. The van der Waals surface area contributed by atoms with Gasteiger partial charge < -0.3 is 4.74 Å². The van der Waals surface area contributed by atoms with Gasteiger partial charge in [0.25, 0.3) is 0 Å². The third-order valence-electron chi connectivity index (χ3n) is 2.97. The minimum absolute atomic E-state index is 0.214. The smallest absolute Gasteiger partial charge is 0.329 e. The van der Waals surface area contributed by atoms with Gasteiger partial charge in [-0.1, -0.05) is 18.2 Å². The highest BCUT2D eigenvalue weighted by atomic mass is 32.2. The fraction of sp³-hybridized carbons (Fsp3) is 0.188. The zero-order valence-electron chi connectivity index (χ0n) is 11.7. The first kappa shape index (κ1) is 15.3. The summed E-state index contributed by atoms with van der Waals surface area (Å²) in [5, 5.41) is 0. The zero-order valence-corrected chi connectivity index (χ0v) is 12.5. The molecule has 0 bridgehead atoms. The Labute approximate surface area is 126 Å². The van der Waals surface area contributed by atoms with Crippen molar-refractivity contribution in [3.05, 3.63) is 47.7 Å². The van der Waals surface area contributed by atoms with Gasteiger partial charge in [0.15, 0.2) is 17.5 Å². The standard InChI is InChI=1S/C16H14O4S/c1-10-9-14(18)15(16(19)20-10)13(17)8-5-11-3-6-12(21-2)7-4-11/h3-9,15H,1-2H3/b8-5+/t15-/m0/s1. The Morgan fingerprint density at radius 1 is 1.24 bits per heavy atom. The molecule has 2 rings (SSSR count). The number of cyclic esters (lactones) is 1. The van der Waals surface area contributed by atoms with Gasteiger partial charge in [0, 0.05) is 11.0 Å². The van der Waals surface area contributed by atoms with Crippen LogP contribution in [-0.4, -0.2) is 23.8 Å². The van der Waals surface area contributed by atoms with Crippen molar-refractivity contribution in [1.82, 2.24) is 0 Å². The first-order chi connectivity index (χ1) is 10.0. The van der Waals surface area contributed by atoms with Crippen molar-refractivity contribution in [2.45, 2.75) is 11.8 Å². The van der Waals surface area contributed by atoms with Gasteiger partial charge in [-0.3, -0.25) is 14.4 Å². The molecule has 0 amide bonds. The topological polar surface area (TPSA) is 60.4 Å². The van der Waals surface area contributed by atoms with E-state index >= 15 is 0 Å². The number of hydrogen-bond acceptors (Lipinski definition) is 5. The molecule has 1 aromatic carbocycles. The van der Waals surface area contributed by atoms with Crippen LogP contribution in [-0.2, 0) is 19.1 Å². The Bertz CT molecular complexity index is 641. The maximum Gasteiger partial charge on any atom is 0.329 e. The number of rotatable bonds is 4. The second-order valence-corrected chi connectivity index (χ2v) is 5.40. The zero-order chi connectivity index (χ0) is 15.4. The number of carbonyl (C=O) groups is 3. The van der Waals surface area contributed by atoms with Crippen molar-refractivity contribution < 1.29 is 19.1 Å². The van der Waals surface area contributed by atoms with E-state index < -0.39 is 23.5 Å².